The lowest BCUT2D eigenvalue weighted by Crippen LogP contribution is -2.28. The number of halogens is 3. The summed E-state index contributed by atoms with van der Waals surface area (Å²) in [6, 6.07) is 7.17. The zero-order valence-electron chi connectivity index (χ0n) is 17.1. The fourth-order valence-corrected chi connectivity index (χ4v) is 5.18. The van der Waals surface area contributed by atoms with Crippen LogP contribution in [0.4, 0.5) is 13.2 Å². The summed E-state index contributed by atoms with van der Waals surface area (Å²) in [5, 5.41) is 0. The van der Waals surface area contributed by atoms with Crippen LogP contribution in [0.1, 0.15) is 88.2 Å². The van der Waals surface area contributed by atoms with Gasteiger partial charge in [-0.05, 0) is 86.7 Å². The smallest absolute Gasteiger partial charge is 0.378 e. The molecule has 2 fully saturated rings. The lowest BCUT2D eigenvalue weighted by Gasteiger charge is -2.38. The third kappa shape index (κ3) is 6.50. The van der Waals surface area contributed by atoms with Crippen LogP contribution in [-0.2, 0) is 11.2 Å². The Balaban J connectivity index is 1.41. The van der Waals surface area contributed by atoms with Crippen molar-refractivity contribution in [1.82, 2.24) is 0 Å². The van der Waals surface area contributed by atoms with E-state index in [2.05, 4.69) is 6.92 Å². The highest BCUT2D eigenvalue weighted by Crippen LogP contribution is 2.43. The summed E-state index contributed by atoms with van der Waals surface area (Å²) < 4.78 is 43.5. The van der Waals surface area contributed by atoms with E-state index in [1.165, 1.54) is 69.8 Å². The van der Waals surface area contributed by atoms with Crippen LogP contribution in [0.15, 0.2) is 24.3 Å². The van der Waals surface area contributed by atoms with Crippen LogP contribution in [0.3, 0.4) is 0 Å². The Hall–Kier alpha value is -1.03. The van der Waals surface area contributed by atoms with Crippen molar-refractivity contribution in [2.24, 2.45) is 11.8 Å². The Kier molecular flexibility index (Phi) is 7.85. The van der Waals surface area contributed by atoms with Gasteiger partial charge in [0.1, 0.15) is 0 Å². The predicted octanol–water partition coefficient (Wildman–Crippen LogP) is 7.44. The van der Waals surface area contributed by atoms with E-state index in [0.29, 0.717) is 17.6 Å². The van der Waals surface area contributed by atoms with E-state index in [4.69, 9.17) is 4.74 Å². The highest BCUT2D eigenvalue weighted by molar-refractivity contribution is 5.26. The molecule has 0 atom stereocenters. The molecule has 2 aliphatic carbocycles. The summed E-state index contributed by atoms with van der Waals surface area (Å²) in [7, 11) is 0. The van der Waals surface area contributed by atoms with E-state index >= 15 is 0 Å². The van der Waals surface area contributed by atoms with E-state index in [0.717, 1.165) is 18.4 Å². The molecule has 0 bridgehead atoms. The highest BCUT2D eigenvalue weighted by Gasteiger charge is 2.32. The van der Waals surface area contributed by atoms with Crippen molar-refractivity contribution in [3.05, 3.63) is 35.4 Å². The molecular formula is C24H35F3O. The predicted molar refractivity (Wildman–Crippen MR) is 108 cm³/mol. The van der Waals surface area contributed by atoms with Crippen molar-refractivity contribution in [3.8, 4) is 0 Å². The molecule has 158 valence electrons. The first kappa shape index (κ1) is 21.7. The molecule has 1 aromatic carbocycles. The lowest BCUT2D eigenvalue weighted by molar-refractivity contribution is -0.127. The highest BCUT2D eigenvalue weighted by atomic mass is 19.4. The van der Waals surface area contributed by atoms with Gasteiger partial charge >= 0.3 is 6.18 Å². The fourth-order valence-electron chi connectivity index (χ4n) is 5.18. The van der Waals surface area contributed by atoms with Crippen molar-refractivity contribution < 1.29 is 17.9 Å². The molecule has 1 nitrogen and oxygen atoms in total. The first-order valence-electron chi connectivity index (χ1n) is 11.2. The molecule has 0 radical (unpaired) electrons. The SMILES string of the molecule is CCCCO[C@H]1CC[C@H](C2CCC(c3ccc(CC(F)(F)F)cc3)CC2)CC1. The Labute approximate surface area is 168 Å². The summed E-state index contributed by atoms with van der Waals surface area (Å²) in [5.41, 5.74) is 1.58. The zero-order chi connectivity index (χ0) is 20.0. The van der Waals surface area contributed by atoms with Gasteiger partial charge in [-0.15, -0.1) is 0 Å². The third-order valence-electron chi connectivity index (χ3n) is 6.86. The number of hydrogen-bond donors (Lipinski definition) is 0. The number of unbranched alkanes of at least 4 members (excludes halogenated alkanes) is 1. The standard InChI is InChI=1S/C24H35F3O/c1-2-3-16-28-23-14-12-22(13-15-23)21-10-8-20(9-11-21)19-6-4-18(5-7-19)17-24(25,26)27/h4-7,20-23H,2-3,8-17H2,1H3/t20?,21?,22-,23-. The number of ether oxygens (including phenoxy) is 1. The molecule has 0 spiro atoms. The molecule has 3 rings (SSSR count). The minimum absolute atomic E-state index is 0.364. The summed E-state index contributed by atoms with van der Waals surface area (Å²) in [6.45, 7) is 3.12. The Morgan fingerprint density at radius 1 is 0.857 bits per heavy atom. The molecule has 2 aliphatic rings. The molecule has 4 heteroatoms. The quantitative estimate of drug-likeness (QED) is 0.435. The average Bonchev–Trinajstić information content (AvgIpc) is 2.68. The van der Waals surface area contributed by atoms with Gasteiger partial charge in [0.25, 0.3) is 0 Å². The average molecular weight is 397 g/mol. The summed E-state index contributed by atoms with van der Waals surface area (Å²) in [4.78, 5) is 0. The molecule has 1 aromatic rings. The molecule has 0 amide bonds. The van der Waals surface area contributed by atoms with Crippen LogP contribution < -0.4 is 0 Å². The lowest BCUT2D eigenvalue weighted by atomic mass is 9.69. The normalized spacial score (nSPS) is 29.0. The second kappa shape index (κ2) is 10.1. The Bertz CT molecular complexity index is 565. The minimum Gasteiger partial charge on any atom is -0.378 e. The van der Waals surface area contributed by atoms with E-state index in [1.807, 2.05) is 12.1 Å². The van der Waals surface area contributed by atoms with Crippen molar-refractivity contribution in [2.75, 3.05) is 6.61 Å². The molecule has 0 aliphatic heterocycles. The van der Waals surface area contributed by atoms with Crippen LogP contribution in [0.2, 0.25) is 0 Å². The zero-order valence-corrected chi connectivity index (χ0v) is 17.1. The van der Waals surface area contributed by atoms with Crippen LogP contribution in [0.5, 0.6) is 0 Å². The van der Waals surface area contributed by atoms with Gasteiger partial charge < -0.3 is 4.74 Å². The van der Waals surface area contributed by atoms with Gasteiger partial charge in [0.2, 0.25) is 0 Å². The van der Waals surface area contributed by atoms with Crippen LogP contribution in [0.25, 0.3) is 0 Å². The number of hydrogen-bond acceptors (Lipinski definition) is 1. The van der Waals surface area contributed by atoms with E-state index in [9.17, 15) is 13.2 Å². The monoisotopic (exact) mass is 396 g/mol. The van der Waals surface area contributed by atoms with E-state index in [-0.39, 0.29) is 0 Å². The first-order valence-corrected chi connectivity index (χ1v) is 11.2. The van der Waals surface area contributed by atoms with Crippen molar-refractivity contribution >= 4 is 0 Å². The second-order valence-corrected chi connectivity index (χ2v) is 8.91. The second-order valence-electron chi connectivity index (χ2n) is 8.91. The summed E-state index contributed by atoms with van der Waals surface area (Å²) >= 11 is 0. The van der Waals surface area contributed by atoms with Gasteiger partial charge in [-0.25, -0.2) is 0 Å². The fraction of sp³-hybridized carbons (Fsp3) is 0.750. The van der Waals surface area contributed by atoms with Gasteiger partial charge in [-0.2, -0.15) is 13.2 Å². The molecule has 0 N–H and O–H groups in total. The van der Waals surface area contributed by atoms with E-state index in [1.54, 1.807) is 12.1 Å². The molecule has 28 heavy (non-hydrogen) atoms. The maximum atomic E-state index is 12.5. The summed E-state index contributed by atoms with van der Waals surface area (Å²) in [5.74, 6) is 2.20. The topological polar surface area (TPSA) is 9.23 Å². The number of alkyl halides is 3. The Morgan fingerprint density at radius 2 is 1.43 bits per heavy atom. The van der Waals surface area contributed by atoms with Crippen LogP contribution >= 0.6 is 0 Å². The van der Waals surface area contributed by atoms with Crippen molar-refractivity contribution in [3.63, 3.8) is 0 Å². The Morgan fingerprint density at radius 3 is 1.96 bits per heavy atom. The van der Waals surface area contributed by atoms with Crippen molar-refractivity contribution in [2.45, 2.75) is 95.8 Å². The van der Waals surface area contributed by atoms with Crippen molar-refractivity contribution in [1.29, 1.82) is 0 Å². The van der Waals surface area contributed by atoms with Gasteiger partial charge in [0.05, 0.1) is 12.5 Å². The maximum absolute atomic E-state index is 12.5. The molecule has 0 saturated heterocycles. The third-order valence-corrected chi connectivity index (χ3v) is 6.86. The number of benzene rings is 1. The van der Waals surface area contributed by atoms with Gasteiger partial charge in [0.15, 0.2) is 0 Å². The number of rotatable bonds is 7. The molecule has 0 aromatic heterocycles. The van der Waals surface area contributed by atoms with Gasteiger partial charge in [0, 0.05) is 6.61 Å². The largest absolute Gasteiger partial charge is 0.393 e. The molecule has 0 unspecified atom stereocenters. The maximum Gasteiger partial charge on any atom is 0.393 e. The van der Waals surface area contributed by atoms with Gasteiger partial charge in [-0.1, -0.05) is 37.6 Å². The minimum atomic E-state index is -4.13. The van der Waals surface area contributed by atoms with Crippen LogP contribution in [0, 0.1) is 11.8 Å². The summed E-state index contributed by atoms with van der Waals surface area (Å²) in [6.07, 6.45) is 7.82. The van der Waals surface area contributed by atoms with Gasteiger partial charge in [-0.3, -0.25) is 0 Å². The molecule has 2 saturated carbocycles. The first-order chi connectivity index (χ1) is 13.4. The van der Waals surface area contributed by atoms with E-state index < -0.39 is 12.6 Å². The van der Waals surface area contributed by atoms with Crippen LogP contribution in [-0.4, -0.2) is 18.9 Å². The molecule has 0 heterocycles. The molecular weight excluding hydrogens is 361 g/mol.